The topological polar surface area (TPSA) is 75.3 Å². The van der Waals surface area contributed by atoms with Gasteiger partial charge < -0.3 is 5.32 Å². The van der Waals surface area contributed by atoms with E-state index in [4.69, 9.17) is 0 Å². The normalized spacial score (nSPS) is 16.9. The maximum Gasteiger partial charge on any atom is 0.240 e. The summed E-state index contributed by atoms with van der Waals surface area (Å²) in [5.41, 5.74) is 2.43. The third-order valence-electron chi connectivity index (χ3n) is 4.02. The molecule has 120 valence electrons. The number of aryl methyl sites for hydroxylation is 1. The number of rotatable bonds is 5. The summed E-state index contributed by atoms with van der Waals surface area (Å²) in [6.45, 7) is 1.97. The van der Waals surface area contributed by atoms with Crippen LogP contribution in [-0.4, -0.2) is 20.9 Å². The van der Waals surface area contributed by atoms with E-state index in [1.54, 1.807) is 31.2 Å². The number of fused-ring (bicyclic) bond motifs is 1. The summed E-state index contributed by atoms with van der Waals surface area (Å²) in [6, 6.07) is 14.3. The molecule has 0 radical (unpaired) electrons. The molecule has 2 N–H and O–H groups in total. The van der Waals surface area contributed by atoms with Crippen molar-refractivity contribution < 1.29 is 13.2 Å². The van der Waals surface area contributed by atoms with E-state index in [2.05, 4.69) is 10.0 Å². The zero-order chi connectivity index (χ0) is 16.4. The van der Waals surface area contributed by atoms with Crippen LogP contribution in [0.4, 0.5) is 5.69 Å². The zero-order valence-electron chi connectivity index (χ0n) is 12.7. The lowest BCUT2D eigenvalue weighted by Gasteiger charge is -2.11. The van der Waals surface area contributed by atoms with E-state index >= 15 is 0 Å². The molecule has 1 atom stereocenters. The van der Waals surface area contributed by atoms with E-state index in [0.29, 0.717) is 12.0 Å². The zero-order valence-corrected chi connectivity index (χ0v) is 13.6. The van der Waals surface area contributed by atoms with Crippen molar-refractivity contribution in [3.05, 3.63) is 59.7 Å². The van der Waals surface area contributed by atoms with Gasteiger partial charge in [0.25, 0.3) is 0 Å². The summed E-state index contributed by atoms with van der Waals surface area (Å²) in [7, 11) is -3.56. The number of carbonyl (C=O) groups excluding carboxylic acids is 1. The number of benzene rings is 2. The highest BCUT2D eigenvalue weighted by Gasteiger charge is 2.30. The Morgan fingerprint density at radius 3 is 2.57 bits per heavy atom. The van der Waals surface area contributed by atoms with Gasteiger partial charge in [-0.15, -0.1) is 0 Å². The second-order valence-electron chi connectivity index (χ2n) is 5.58. The van der Waals surface area contributed by atoms with Crippen LogP contribution in [0.1, 0.15) is 23.5 Å². The lowest BCUT2D eigenvalue weighted by Crippen LogP contribution is -2.27. The molecular formula is C17H18N2O3S. The Kier molecular flexibility index (Phi) is 4.19. The predicted octanol–water partition coefficient (Wildman–Crippen LogP) is 2.40. The number of hydrogen-bond donors (Lipinski definition) is 2. The number of nitrogens with one attached hydrogen (secondary N) is 2. The average molecular weight is 330 g/mol. The van der Waals surface area contributed by atoms with Crippen molar-refractivity contribution in [1.29, 1.82) is 0 Å². The smallest absolute Gasteiger partial charge is 0.240 e. The molecule has 1 unspecified atom stereocenters. The molecular weight excluding hydrogens is 312 g/mol. The second kappa shape index (κ2) is 6.14. The molecule has 0 spiro atoms. The van der Waals surface area contributed by atoms with Gasteiger partial charge in [0, 0.05) is 12.2 Å². The maximum atomic E-state index is 12.3. The van der Waals surface area contributed by atoms with Gasteiger partial charge in [0.05, 0.1) is 10.8 Å². The van der Waals surface area contributed by atoms with Crippen molar-refractivity contribution in [2.75, 3.05) is 11.9 Å². The van der Waals surface area contributed by atoms with Gasteiger partial charge in [-0.25, -0.2) is 13.1 Å². The molecule has 0 saturated heterocycles. The van der Waals surface area contributed by atoms with Gasteiger partial charge in [-0.3, -0.25) is 4.79 Å². The molecule has 3 rings (SSSR count). The van der Waals surface area contributed by atoms with Crippen molar-refractivity contribution in [1.82, 2.24) is 4.72 Å². The van der Waals surface area contributed by atoms with Gasteiger partial charge in [-0.2, -0.15) is 0 Å². The molecule has 6 heteroatoms. The van der Waals surface area contributed by atoms with Crippen LogP contribution in [0.25, 0.3) is 0 Å². The third kappa shape index (κ3) is 3.13. The Labute approximate surface area is 135 Å². The molecule has 0 bridgehead atoms. The fourth-order valence-electron chi connectivity index (χ4n) is 2.84. The van der Waals surface area contributed by atoms with Gasteiger partial charge in [-0.1, -0.05) is 36.4 Å². The summed E-state index contributed by atoms with van der Waals surface area (Å²) >= 11 is 0. The standard InChI is InChI=1S/C17H18N2O3S/c1-12-6-2-5-9-16(12)23(21,22)18-11-10-14-13-7-3-4-8-15(13)19-17(14)20/h2-9,14,18H,10-11H2,1H3,(H,19,20). The second-order valence-corrected chi connectivity index (χ2v) is 7.32. The highest BCUT2D eigenvalue weighted by atomic mass is 32.2. The minimum absolute atomic E-state index is 0.0821. The maximum absolute atomic E-state index is 12.3. The molecule has 2 aromatic rings. The molecule has 5 nitrogen and oxygen atoms in total. The van der Waals surface area contributed by atoms with Gasteiger partial charge in [0.2, 0.25) is 15.9 Å². The molecule has 1 aliphatic rings. The minimum Gasteiger partial charge on any atom is -0.325 e. The summed E-state index contributed by atoms with van der Waals surface area (Å²) in [4.78, 5) is 12.3. The Balaban J connectivity index is 1.68. The van der Waals surface area contributed by atoms with Crippen molar-refractivity contribution in [2.45, 2.75) is 24.2 Å². The average Bonchev–Trinajstić information content (AvgIpc) is 2.83. The van der Waals surface area contributed by atoms with Gasteiger partial charge in [0.1, 0.15) is 0 Å². The number of sulfonamides is 1. The molecule has 23 heavy (non-hydrogen) atoms. The lowest BCUT2D eigenvalue weighted by molar-refractivity contribution is -0.117. The van der Waals surface area contributed by atoms with E-state index in [9.17, 15) is 13.2 Å². The number of anilines is 1. The highest BCUT2D eigenvalue weighted by Crippen LogP contribution is 2.34. The van der Waals surface area contributed by atoms with Crippen molar-refractivity contribution in [3.63, 3.8) is 0 Å². The largest absolute Gasteiger partial charge is 0.325 e. The van der Waals surface area contributed by atoms with E-state index in [0.717, 1.165) is 11.3 Å². The van der Waals surface area contributed by atoms with Crippen LogP contribution in [0.3, 0.4) is 0 Å². The molecule has 0 aromatic heterocycles. The molecule has 2 aromatic carbocycles. The quantitative estimate of drug-likeness (QED) is 0.884. The predicted molar refractivity (Wildman–Crippen MR) is 88.8 cm³/mol. The van der Waals surface area contributed by atoms with Crippen LogP contribution >= 0.6 is 0 Å². The van der Waals surface area contributed by atoms with Crippen molar-refractivity contribution in [2.24, 2.45) is 0 Å². The fourth-order valence-corrected chi connectivity index (χ4v) is 4.13. The minimum atomic E-state index is -3.56. The number of carbonyl (C=O) groups is 1. The third-order valence-corrected chi connectivity index (χ3v) is 5.64. The molecule has 0 aliphatic carbocycles. The lowest BCUT2D eigenvalue weighted by atomic mass is 9.97. The van der Waals surface area contributed by atoms with Crippen LogP contribution in [0.2, 0.25) is 0 Å². The first-order valence-electron chi connectivity index (χ1n) is 7.44. The first-order chi connectivity index (χ1) is 11.0. The van der Waals surface area contributed by atoms with Crippen molar-refractivity contribution >= 4 is 21.6 Å². The summed E-state index contributed by atoms with van der Waals surface area (Å²) in [6.07, 6.45) is 0.425. The van der Waals surface area contributed by atoms with Crippen LogP contribution < -0.4 is 10.0 Å². The van der Waals surface area contributed by atoms with Gasteiger partial charge in [0.15, 0.2) is 0 Å². The molecule has 0 fully saturated rings. The molecule has 1 aliphatic heterocycles. The number of hydrogen-bond acceptors (Lipinski definition) is 3. The van der Waals surface area contributed by atoms with E-state index in [1.807, 2.05) is 24.3 Å². The summed E-state index contributed by atoms with van der Waals surface area (Å²) < 4.78 is 27.3. The Bertz CT molecular complexity index is 846. The Morgan fingerprint density at radius 1 is 1.09 bits per heavy atom. The highest BCUT2D eigenvalue weighted by molar-refractivity contribution is 7.89. The summed E-state index contributed by atoms with van der Waals surface area (Å²) in [5, 5.41) is 2.82. The van der Waals surface area contributed by atoms with Crippen LogP contribution in [-0.2, 0) is 14.8 Å². The first-order valence-corrected chi connectivity index (χ1v) is 8.92. The SMILES string of the molecule is Cc1ccccc1S(=O)(=O)NCCC1C(=O)Nc2ccccc21. The molecule has 0 saturated carbocycles. The van der Waals surface area contributed by atoms with E-state index in [1.165, 1.54) is 0 Å². The van der Waals surface area contributed by atoms with Gasteiger partial charge >= 0.3 is 0 Å². The van der Waals surface area contributed by atoms with Crippen LogP contribution in [0, 0.1) is 6.92 Å². The first kappa shape index (κ1) is 15.7. The van der Waals surface area contributed by atoms with Crippen molar-refractivity contribution in [3.8, 4) is 0 Å². The fraction of sp³-hybridized carbons (Fsp3) is 0.235. The van der Waals surface area contributed by atoms with Crippen LogP contribution in [0.5, 0.6) is 0 Å². The van der Waals surface area contributed by atoms with E-state index < -0.39 is 10.0 Å². The molecule has 1 amide bonds. The number of para-hydroxylation sites is 1. The summed E-state index contributed by atoms with van der Waals surface area (Å²) in [5.74, 6) is -0.396. The van der Waals surface area contributed by atoms with Gasteiger partial charge in [-0.05, 0) is 36.6 Å². The van der Waals surface area contributed by atoms with E-state index in [-0.39, 0.29) is 23.3 Å². The Morgan fingerprint density at radius 2 is 1.78 bits per heavy atom. The Hall–Kier alpha value is -2.18. The number of amides is 1. The monoisotopic (exact) mass is 330 g/mol. The molecule has 1 heterocycles. The van der Waals surface area contributed by atoms with Crippen LogP contribution in [0.15, 0.2) is 53.4 Å².